The van der Waals surface area contributed by atoms with Crippen molar-refractivity contribution in [3.8, 4) is 22.5 Å². The molecule has 1 N–H and O–H groups in total. The molecule has 0 saturated carbocycles. The highest BCUT2D eigenvalue weighted by Crippen LogP contribution is 2.34. The number of benzene rings is 1. The smallest absolute Gasteiger partial charge is 0.253 e. The summed E-state index contributed by atoms with van der Waals surface area (Å²) in [5.74, 6) is 0.685. The third kappa shape index (κ3) is 4.27. The first-order valence-electron chi connectivity index (χ1n) is 10.7. The van der Waals surface area contributed by atoms with Gasteiger partial charge in [0.25, 0.3) is 5.91 Å². The number of hydrogen-bond donors (Lipinski definition) is 1. The second-order valence-corrected chi connectivity index (χ2v) is 8.48. The number of rotatable bonds is 6. The molecule has 6 heteroatoms. The van der Waals surface area contributed by atoms with Crippen LogP contribution in [0, 0.1) is 0 Å². The number of furan rings is 1. The van der Waals surface area contributed by atoms with Gasteiger partial charge in [-0.1, -0.05) is 19.1 Å². The van der Waals surface area contributed by atoms with Crippen LogP contribution in [0.25, 0.3) is 33.6 Å². The van der Waals surface area contributed by atoms with Gasteiger partial charge in [-0.25, -0.2) is 0 Å². The third-order valence-corrected chi connectivity index (χ3v) is 5.43. The number of carbonyl (C=O) groups excluding carboxylic acids is 1. The standard InChI is InChI=1S/C26H27N3O3/c1-5-14-29(4)25(30)18-8-6-17(7-9-18)22-16-21-24(32-22)20(11-13-27-21)19-10-12-28-23(15-19)26(2,3)31/h6-13,15-16,31H,5,14H2,1-4H3. The Hall–Kier alpha value is -3.51. The number of carbonyl (C=O) groups is 1. The van der Waals surface area contributed by atoms with E-state index < -0.39 is 5.60 Å². The van der Waals surface area contributed by atoms with Crippen LogP contribution in [0.2, 0.25) is 0 Å². The molecule has 0 aliphatic carbocycles. The molecule has 0 unspecified atom stereocenters. The normalized spacial score (nSPS) is 11.7. The minimum absolute atomic E-state index is 0.00672. The van der Waals surface area contributed by atoms with E-state index >= 15 is 0 Å². The molecular formula is C26H27N3O3. The van der Waals surface area contributed by atoms with E-state index in [-0.39, 0.29) is 5.91 Å². The summed E-state index contributed by atoms with van der Waals surface area (Å²) in [5.41, 5.74) is 4.24. The number of aromatic nitrogens is 2. The maximum absolute atomic E-state index is 12.5. The summed E-state index contributed by atoms with van der Waals surface area (Å²) in [6.07, 6.45) is 4.35. The fourth-order valence-corrected chi connectivity index (χ4v) is 3.67. The van der Waals surface area contributed by atoms with Crippen molar-refractivity contribution in [1.82, 2.24) is 14.9 Å². The fourth-order valence-electron chi connectivity index (χ4n) is 3.67. The van der Waals surface area contributed by atoms with Crippen LogP contribution < -0.4 is 0 Å². The van der Waals surface area contributed by atoms with Crippen molar-refractivity contribution in [3.05, 3.63) is 72.2 Å². The predicted octanol–water partition coefficient (Wildman–Crippen LogP) is 5.27. The molecule has 32 heavy (non-hydrogen) atoms. The average molecular weight is 430 g/mol. The highest BCUT2D eigenvalue weighted by atomic mass is 16.3. The molecule has 0 aliphatic heterocycles. The number of aliphatic hydroxyl groups is 1. The van der Waals surface area contributed by atoms with E-state index in [1.54, 1.807) is 31.1 Å². The molecule has 4 aromatic rings. The molecular weight excluding hydrogens is 402 g/mol. The lowest BCUT2D eigenvalue weighted by atomic mass is 10.00. The number of fused-ring (bicyclic) bond motifs is 1. The monoisotopic (exact) mass is 429 g/mol. The number of hydrogen-bond acceptors (Lipinski definition) is 5. The molecule has 0 spiro atoms. The summed E-state index contributed by atoms with van der Waals surface area (Å²) in [6, 6.07) is 15.0. The molecule has 3 heterocycles. The SMILES string of the molecule is CCCN(C)C(=O)c1ccc(-c2cc3nccc(-c4ccnc(C(C)(C)O)c4)c3o2)cc1. The van der Waals surface area contributed by atoms with Gasteiger partial charge in [0.05, 0.1) is 5.69 Å². The molecule has 0 aliphatic rings. The average Bonchev–Trinajstić information content (AvgIpc) is 3.23. The van der Waals surface area contributed by atoms with Gasteiger partial charge in [-0.2, -0.15) is 0 Å². The van der Waals surface area contributed by atoms with Crippen LogP contribution in [-0.4, -0.2) is 39.5 Å². The van der Waals surface area contributed by atoms with Gasteiger partial charge in [-0.05, 0) is 56.2 Å². The summed E-state index contributed by atoms with van der Waals surface area (Å²) in [4.78, 5) is 23.0. The summed E-state index contributed by atoms with van der Waals surface area (Å²) < 4.78 is 6.21. The molecule has 0 radical (unpaired) electrons. The van der Waals surface area contributed by atoms with Crippen molar-refractivity contribution in [2.24, 2.45) is 0 Å². The zero-order valence-corrected chi connectivity index (χ0v) is 18.8. The molecule has 4 rings (SSSR count). The molecule has 1 aromatic carbocycles. The highest BCUT2D eigenvalue weighted by Gasteiger charge is 2.20. The summed E-state index contributed by atoms with van der Waals surface area (Å²) in [7, 11) is 1.81. The van der Waals surface area contributed by atoms with E-state index in [0.29, 0.717) is 22.6 Å². The fraction of sp³-hybridized carbons (Fsp3) is 0.269. The lowest BCUT2D eigenvalue weighted by Crippen LogP contribution is -2.27. The van der Waals surface area contributed by atoms with Gasteiger partial charge in [-0.3, -0.25) is 14.8 Å². The Morgan fingerprint density at radius 1 is 1.03 bits per heavy atom. The van der Waals surface area contributed by atoms with Crippen LogP contribution in [0.5, 0.6) is 0 Å². The lowest BCUT2D eigenvalue weighted by molar-refractivity contribution is 0.0738. The van der Waals surface area contributed by atoms with Crippen LogP contribution in [0.15, 0.2) is 65.3 Å². The molecule has 0 fully saturated rings. The zero-order chi connectivity index (χ0) is 22.9. The first-order chi connectivity index (χ1) is 15.3. The van der Waals surface area contributed by atoms with E-state index in [0.717, 1.165) is 35.2 Å². The van der Waals surface area contributed by atoms with Crippen molar-refractivity contribution in [3.63, 3.8) is 0 Å². The molecule has 0 atom stereocenters. The maximum Gasteiger partial charge on any atom is 0.253 e. The largest absolute Gasteiger partial charge is 0.454 e. The third-order valence-electron chi connectivity index (χ3n) is 5.43. The topological polar surface area (TPSA) is 79.5 Å². The second-order valence-electron chi connectivity index (χ2n) is 8.48. The van der Waals surface area contributed by atoms with Crippen LogP contribution in [0.4, 0.5) is 0 Å². The van der Waals surface area contributed by atoms with Crippen molar-refractivity contribution in [1.29, 1.82) is 0 Å². The first kappa shape index (κ1) is 21.7. The van der Waals surface area contributed by atoms with Gasteiger partial charge in [0, 0.05) is 48.7 Å². The second kappa shape index (κ2) is 8.55. The highest BCUT2D eigenvalue weighted by molar-refractivity contribution is 5.95. The van der Waals surface area contributed by atoms with E-state index in [9.17, 15) is 9.90 Å². The van der Waals surface area contributed by atoms with Gasteiger partial charge in [0.2, 0.25) is 0 Å². The first-order valence-corrected chi connectivity index (χ1v) is 10.7. The summed E-state index contributed by atoms with van der Waals surface area (Å²) >= 11 is 0. The zero-order valence-electron chi connectivity index (χ0n) is 18.8. The number of amides is 1. The summed E-state index contributed by atoms with van der Waals surface area (Å²) in [5, 5.41) is 10.3. The maximum atomic E-state index is 12.5. The molecule has 0 bridgehead atoms. The minimum Gasteiger partial charge on any atom is -0.454 e. The minimum atomic E-state index is -1.04. The van der Waals surface area contributed by atoms with Crippen molar-refractivity contribution < 1.29 is 14.3 Å². The van der Waals surface area contributed by atoms with Gasteiger partial charge < -0.3 is 14.4 Å². The van der Waals surface area contributed by atoms with Gasteiger partial charge in [0.1, 0.15) is 16.9 Å². The molecule has 164 valence electrons. The van der Waals surface area contributed by atoms with E-state index in [1.165, 1.54) is 0 Å². The van der Waals surface area contributed by atoms with Gasteiger partial charge in [-0.15, -0.1) is 0 Å². The quantitative estimate of drug-likeness (QED) is 0.452. The van der Waals surface area contributed by atoms with E-state index in [2.05, 4.69) is 9.97 Å². The van der Waals surface area contributed by atoms with Crippen LogP contribution in [0.3, 0.4) is 0 Å². The Balaban J connectivity index is 1.69. The molecule has 1 amide bonds. The molecule has 0 saturated heterocycles. The van der Waals surface area contributed by atoms with Gasteiger partial charge >= 0.3 is 0 Å². The lowest BCUT2D eigenvalue weighted by Gasteiger charge is -2.17. The van der Waals surface area contributed by atoms with Crippen LogP contribution in [0.1, 0.15) is 43.2 Å². The van der Waals surface area contributed by atoms with Crippen molar-refractivity contribution in [2.45, 2.75) is 32.8 Å². The van der Waals surface area contributed by atoms with Crippen molar-refractivity contribution in [2.75, 3.05) is 13.6 Å². The Morgan fingerprint density at radius 3 is 2.44 bits per heavy atom. The predicted molar refractivity (Wildman–Crippen MR) is 125 cm³/mol. The molecule has 6 nitrogen and oxygen atoms in total. The number of nitrogens with zero attached hydrogens (tertiary/aromatic N) is 3. The Kier molecular flexibility index (Phi) is 5.80. The summed E-state index contributed by atoms with van der Waals surface area (Å²) in [6.45, 7) is 6.19. The molecule has 3 aromatic heterocycles. The van der Waals surface area contributed by atoms with E-state index in [1.807, 2.05) is 62.5 Å². The Bertz CT molecular complexity index is 1250. The van der Waals surface area contributed by atoms with Gasteiger partial charge in [0.15, 0.2) is 5.58 Å². The Morgan fingerprint density at radius 2 is 1.75 bits per heavy atom. The van der Waals surface area contributed by atoms with Crippen molar-refractivity contribution >= 4 is 17.0 Å². The van der Waals surface area contributed by atoms with Crippen LogP contribution in [-0.2, 0) is 5.60 Å². The van der Waals surface area contributed by atoms with E-state index in [4.69, 9.17) is 4.42 Å². The number of pyridine rings is 2. The Labute approximate surface area is 187 Å². The van der Waals surface area contributed by atoms with Crippen LogP contribution >= 0.6 is 0 Å².